The molecule has 2 N–H and O–H groups in total. The second kappa shape index (κ2) is 13.2. The number of fused-ring (bicyclic) bond motifs is 1. The number of rotatable bonds is 12. The van der Waals surface area contributed by atoms with Gasteiger partial charge in [-0.1, -0.05) is 6.07 Å². The maximum Gasteiger partial charge on any atom is 0.303 e. The molecule has 7 nitrogen and oxygen atoms in total. The lowest BCUT2D eigenvalue weighted by Crippen LogP contribution is -2.51. The third-order valence-electron chi connectivity index (χ3n) is 7.15. The molecule has 1 aliphatic rings. The number of hydrogen-bond acceptors (Lipinski definition) is 7. The summed E-state index contributed by atoms with van der Waals surface area (Å²) in [4.78, 5) is 22.3. The Balaban J connectivity index is 1.47. The standard InChI is InChI=1S/C28H34FN3O4S/c1-36-21-8-9-24-23(16-21)22(20(18-33)17-31-24)5-4-6-25-28(29)19(15-27(34)35)10-12-32(25)13-14-37-26-7-2-3-11-30-26/h2-3,7-9,11,16-17,19,25,28,33H,4-6,10,12-15,18H2,1H3,(H,34,35). The Labute approximate surface area is 221 Å². The average molecular weight is 528 g/mol. The molecule has 0 bridgehead atoms. The van der Waals surface area contributed by atoms with E-state index in [1.165, 1.54) is 0 Å². The highest BCUT2D eigenvalue weighted by Crippen LogP contribution is 2.33. The van der Waals surface area contributed by atoms with E-state index in [1.807, 2.05) is 36.4 Å². The number of piperidine rings is 1. The fourth-order valence-corrected chi connectivity index (χ4v) is 6.09. The van der Waals surface area contributed by atoms with Crippen molar-refractivity contribution in [2.75, 3.05) is 26.0 Å². The summed E-state index contributed by atoms with van der Waals surface area (Å²) >= 11 is 1.64. The molecule has 3 aromatic rings. The number of carboxylic acids is 1. The van der Waals surface area contributed by atoms with Gasteiger partial charge in [-0.3, -0.25) is 14.7 Å². The van der Waals surface area contributed by atoms with Crippen molar-refractivity contribution in [1.82, 2.24) is 14.9 Å². The Morgan fingerprint density at radius 2 is 2.14 bits per heavy atom. The van der Waals surface area contributed by atoms with E-state index in [0.717, 1.165) is 38.6 Å². The maximum absolute atomic E-state index is 15.7. The summed E-state index contributed by atoms with van der Waals surface area (Å²) in [5.74, 6) is 0.0826. The number of thioether (sulfide) groups is 1. The Hall–Kier alpha value is -2.75. The number of carboxylic acid groups (broad SMARTS) is 1. The number of aliphatic carboxylic acids is 1. The van der Waals surface area contributed by atoms with Gasteiger partial charge in [0, 0.05) is 42.0 Å². The van der Waals surface area contributed by atoms with Gasteiger partial charge in [0.05, 0.1) is 30.7 Å². The number of nitrogens with zero attached hydrogens (tertiary/aromatic N) is 3. The summed E-state index contributed by atoms with van der Waals surface area (Å²) in [5, 5.41) is 21.1. The molecule has 0 amide bonds. The predicted octanol–water partition coefficient (Wildman–Crippen LogP) is 4.75. The first-order chi connectivity index (χ1) is 18.0. The highest BCUT2D eigenvalue weighted by molar-refractivity contribution is 7.99. The molecule has 3 unspecified atom stereocenters. The number of aromatic nitrogens is 2. The van der Waals surface area contributed by atoms with Crippen LogP contribution in [0.5, 0.6) is 5.75 Å². The van der Waals surface area contributed by atoms with Crippen LogP contribution < -0.4 is 4.74 Å². The molecule has 0 aliphatic carbocycles. The van der Waals surface area contributed by atoms with Crippen LogP contribution in [0.3, 0.4) is 0 Å². The second-order valence-corrected chi connectivity index (χ2v) is 10.5. The fraction of sp³-hybridized carbons (Fsp3) is 0.464. The number of pyridine rings is 2. The van der Waals surface area contributed by atoms with Crippen molar-refractivity contribution in [1.29, 1.82) is 0 Å². The number of aliphatic hydroxyl groups is 1. The van der Waals surface area contributed by atoms with Gasteiger partial charge in [0.1, 0.15) is 11.9 Å². The molecule has 9 heteroatoms. The number of methoxy groups -OCH3 is 1. The predicted molar refractivity (Wildman–Crippen MR) is 143 cm³/mol. The largest absolute Gasteiger partial charge is 0.497 e. The van der Waals surface area contributed by atoms with Crippen LogP contribution in [-0.4, -0.2) is 69.2 Å². The molecule has 0 radical (unpaired) electrons. The number of likely N-dealkylation sites (tertiary alicyclic amines) is 1. The first kappa shape index (κ1) is 27.3. The van der Waals surface area contributed by atoms with E-state index in [0.29, 0.717) is 38.8 Å². The van der Waals surface area contributed by atoms with Gasteiger partial charge in [0.25, 0.3) is 0 Å². The normalized spacial score (nSPS) is 20.2. The Kier molecular flexibility index (Phi) is 9.71. The lowest BCUT2D eigenvalue weighted by atomic mass is 9.84. The minimum atomic E-state index is -1.20. The lowest BCUT2D eigenvalue weighted by molar-refractivity contribution is -0.139. The van der Waals surface area contributed by atoms with Gasteiger partial charge in [-0.25, -0.2) is 9.37 Å². The number of hydrogen-bond donors (Lipinski definition) is 2. The van der Waals surface area contributed by atoms with E-state index < -0.39 is 18.1 Å². The fourth-order valence-electron chi connectivity index (χ4n) is 5.24. The molecule has 3 heterocycles. The summed E-state index contributed by atoms with van der Waals surface area (Å²) in [6.45, 7) is 1.27. The number of halogens is 1. The maximum atomic E-state index is 15.7. The molecule has 1 aliphatic heterocycles. The topological polar surface area (TPSA) is 95.8 Å². The van der Waals surface area contributed by atoms with Crippen LogP contribution >= 0.6 is 11.8 Å². The summed E-state index contributed by atoms with van der Waals surface area (Å²) in [5.41, 5.74) is 2.58. The molecule has 1 fully saturated rings. The van der Waals surface area contributed by atoms with Crippen molar-refractivity contribution < 1.29 is 24.1 Å². The second-order valence-electron chi connectivity index (χ2n) is 9.41. The van der Waals surface area contributed by atoms with Crippen LogP contribution in [0.25, 0.3) is 10.9 Å². The Bertz CT molecular complexity index is 1180. The van der Waals surface area contributed by atoms with Gasteiger partial charge in [-0.05, 0) is 73.7 Å². The Morgan fingerprint density at radius 3 is 2.86 bits per heavy atom. The molecular formula is C28H34FN3O4S. The molecule has 3 atom stereocenters. The lowest BCUT2D eigenvalue weighted by Gasteiger charge is -2.42. The first-order valence-corrected chi connectivity index (χ1v) is 13.7. The highest BCUT2D eigenvalue weighted by atomic mass is 32.2. The number of alkyl halides is 1. The molecule has 2 aromatic heterocycles. The van der Waals surface area contributed by atoms with E-state index in [4.69, 9.17) is 4.74 Å². The molecule has 37 heavy (non-hydrogen) atoms. The monoisotopic (exact) mass is 527 g/mol. The third-order valence-corrected chi connectivity index (χ3v) is 8.07. The molecule has 0 saturated carbocycles. The van der Waals surface area contributed by atoms with Crippen molar-refractivity contribution in [3.8, 4) is 5.75 Å². The van der Waals surface area contributed by atoms with Crippen LogP contribution in [0.2, 0.25) is 0 Å². The Morgan fingerprint density at radius 1 is 1.27 bits per heavy atom. The van der Waals surface area contributed by atoms with Crippen LogP contribution in [-0.2, 0) is 17.8 Å². The van der Waals surface area contributed by atoms with Crippen molar-refractivity contribution in [3.63, 3.8) is 0 Å². The quantitative estimate of drug-likeness (QED) is 0.326. The summed E-state index contributed by atoms with van der Waals surface area (Å²) in [6, 6.07) is 11.1. The zero-order valence-electron chi connectivity index (χ0n) is 21.1. The molecule has 1 aromatic carbocycles. The minimum Gasteiger partial charge on any atom is -0.497 e. The zero-order chi connectivity index (χ0) is 26.2. The van der Waals surface area contributed by atoms with E-state index in [-0.39, 0.29) is 19.1 Å². The zero-order valence-corrected chi connectivity index (χ0v) is 21.9. The molecule has 4 rings (SSSR count). The number of carbonyl (C=O) groups is 1. The summed E-state index contributed by atoms with van der Waals surface area (Å²) in [7, 11) is 1.61. The first-order valence-electron chi connectivity index (χ1n) is 12.7. The van der Waals surface area contributed by atoms with E-state index >= 15 is 4.39 Å². The number of aliphatic hydroxyl groups excluding tert-OH is 1. The van der Waals surface area contributed by atoms with Gasteiger partial charge < -0.3 is 14.9 Å². The number of aryl methyl sites for hydroxylation is 1. The van der Waals surface area contributed by atoms with Crippen molar-refractivity contribution in [2.24, 2.45) is 5.92 Å². The number of ether oxygens (including phenoxy) is 1. The van der Waals surface area contributed by atoms with Crippen LogP contribution in [0, 0.1) is 5.92 Å². The van der Waals surface area contributed by atoms with E-state index in [9.17, 15) is 15.0 Å². The molecule has 1 saturated heterocycles. The molecular weight excluding hydrogens is 493 g/mol. The van der Waals surface area contributed by atoms with Gasteiger partial charge in [-0.2, -0.15) is 0 Å². The summed E-state index contributed by atoms with van der Waals surface area (Å²) in [6.07, 6.45) is 4.63. The number of benzene rings is 1. The van der Waals surface area contributed by atoms with Crippen molar-refractivity contribution in [2.45, 2.75) is 56.0 Å². The summed E-state index contributed by atoms with van der Waals surface area (Å²) < 4.78 is 21.1. The van der Waals surface area contributed by atoms with Gasteiger partial charge in [0.15, 0.2) is 0 Å². The minimum absolute atomic E-state index is 0.123. The molecule has 198 valence electrons. The highest BCUT2D eigenvalue weighted by Gasteiger charge is 2.38. The molecule has 0 spiro atoms. The van der Waals surface area contributed by atoms with Crippen LogP contribution in [0.1, 0.15) is 36.8 Å². The van der Waals surface area contributed by atoms with E-state index in [2.05, 4.69) is 14.9 Å². The van der Waals surface area contributed by atoms with Gasteiger partial charge in [-0.15, -0.1) is 11.8 Å². The smallest absolute Gasteiger partial charge is 0.303 e. The van der Waals surface area contributed by atoms with Crippen molar-refractivity contribution >= 4 is 28.6 Å². The SMILES string of the molecule is COc1ccc2ncc(CO)c(CCCC3C(F)C(CC(=O)O)CCN3CCSc3ccccn3)c2c1. The van der Waals surface area contributed by atoms with Gasteiger partial charge in [0.2, 0.25) is 0 Å². The van der Waals surface area contributed by atoms with Crippen molar-refractivity contribution in [3.05, 3.63) is 59.9 Å². The van der Waals surface area contributed by atoms with Crippen LogP contribution in [0.4, 0.5) is 4.39 Å². The average Bonchev–Trinajstić information content (AvgIpc) is 2.91. The van der Waals surface area contributed by atoms with Gasteiger partial charge >= 0.3 is 5.97 Å². The third kappa shape index (κ3) is 6.97. The van der Waals surface area contributed by atoms with E-state index in [1.54, 1.807) is 31.3 Å². The van der Waals surface area contributed by atoms with Crippen LogP contribution in [0.15, 0.2) is 53.8 Å².